The number of thioether (sulfide) groups is 1. The SMILES string of the molecule is C[C@@H](Sc1ccc(Br)cc1)C(=O)NC(=O)Nc1ccccc1. The van der Waals surface area contributed by atoms with Gasteiger partial charge in [0.2, 0.25) is 5.91 Å². The van der Waals surface area contributed by atoms with Crippen molar-refractivity contribution in [2.45, 2.75) is 17.1 Å². The van der Waals surface area contributed by atoms with Gasteiger partial charge in [-0.15, -0.1) is 11.8 Å². The van der Waals surface area contributed by atoms with Gasteiger partial charge >= 0.3 is 6.03 Å². The highest BCUT2D eigenvalue weighted by molar-refractivity contribution is 9.10. The second kappa shape index (κ2) is 8.00. The number of urea groups is 1. The summed E-state index contributed by atoms with van der Waals surface area (Å²) in [5, 5.41) is 4.58. The van der Waals surface area contributed by atoms with E-state index in [4.69, 9.17) is 0 Å². The number of hydrogen-bond acceptors (Lipinski definition) is 3. The lowest BCUT2D eigenvalue weighted by molar-refractivity contribution is -0.119. The number of carbonyl (C=O) groups is 2. The van der Waals surface area contributed by atoms with Crippen molar-refractivity contribution in [1.82, 2.24) is 5.32 Å². The molecule has 0 aromatic heterocycles. The molecule has 0 heterocycles. The van der Waals surface area contributed by atoms with E-state index in [2.05, 4.69) is 26.6 Å². The summed E-state index contributed by atoms with van der Waals surface area (Å²) in [6, 6.07) is 16.1. The Bertz CT molecular complexity index is 647. The van der Waals surface area contributed by atoms with Crippen LogP contribution in [0.15, 0.2) is 64.0 Å². The van der Waals surface area contributed by atoms with Crippen molar-refractivity contribution in [2.75, 3.05) is 5.32 Å². The Morgan fingerprint density at radius 1 is 1.05 bits per heavy atom. The molecule has 2 aromatic rings. The van der Waals surface area contributed by atoms with Gasteiger partial charge in [0.05, 0.1) is 5.25 Å². The molecule has 0 saturated carbocycles. The van der Waals surface area contributed by atoms with Crippen LogP contribution >= 0.6 is 27.7 Å². The zero-order valence-electron chi connectivity index (χ0n) is 11.9. The summed E-state index contributed by atoms with van der Waals surface area (Å²) in [6.07, 6.45) is 0. The molecule has 22 heavy (non-hydrogen) atoms. The number of hydrogen-bond donors (Lipinski definition) is 2. The van der Waals surface area contributed by atoms with Gasteiger partial charge in [-0.25, -0.2) is 4.79 Å². The van der Waals surface area contributed by atoms with Crippen LogP contribution in [-0.2, 0) is 4.79 Å². The van der Waals surface area contributed by atoms with Crippen LogP contribution in [0.5, 0.6) is 0 Å². The van der Waals surface area contributed by atoms with Gasteiger partial charge in [0.1, 0.15) is 0 Å². The normalized spacial score (nSPS) is 11.5. The topological polar surface area (TPSA) is 58.2 Å². The first-order chi connectivity index (χ1) is 10.5. The molecule has 114 valence electrons. The minimum absolute atomic E-state index is 0.332. The Labute approximate surface area is 141 Å². The summed E-state index contributed by atoms with van der Waals surface area (Å²) >= 11 is 4.76. The van der Waals surface area contributed by atoms with E-state index in [0.717, 1.165) is 9.37 Å². The second-order valence-corrected chi connectivity index (χ2v) is 6.85. The smallest absolute Gasteiger partial charge is 0.308 e. The van der Waals surface area contributed by atoms with Gasteiger partial charge in [-0.05, 0) is 43.3 Å². The van der Waals surface area contributed by atoms with Crippen molar-refractivity contribution in [3.05, 3.63) is 59.1 Å². The lowest BCUT2D eigenvalue weighted by Gasteiger charge is -2.12. The van der Waals surface area contributed by atoms with Crippen molar-refractivity contribution < 1.29 is 9.59 Å². The molecule has 4 nitrogen and oxygen atoms in total. The van der Waals surface area contributed by atoms with Gasteiger partial charge in [0.15, 0.2) is 0 Å². The zero-order valence-corrected chi connectivity index (χ0v) is 14.3. The number of para-hydroxylation sites is 1. The molecule has 0 bridgehead atoms. The number of halogens is 1. The molecular weight excluding hydrogens is 364 g/mol. The van der Waals surface area contributed by atoms with Crippen LogP contribution in [0.1, 0.15) is 6.92 Å². The predicted molar refractivity (Wildman–Crippen MR) is 93.1 cm³/mol. The van der Waals surface area contributed by atoms with Crippen LogP contribution in [0.3, 0.4) is 0 Å². The van der Waals surface area contributed by atoms with Gasteiger partial charge in [-0.2, -0.15) is 0 Å². The van der Waals surface area contributed by atoms with Crippen molar-refractivity contribution in [3.8, 4) is 0 Å². The second-order valence-electron chi connectivity index (χ2n) is 4.52. The largest absolute Gasteiger partial charge is 0.325 e. The fourth-order valence-corrected chi connectivity index (χ4v) is 2.80. The van der Waals surface area contributed by atoms with Gasteiger partial charge in [-0.1, -0.05) is 34.1 Å². The average Bonchev–Trinajstić information content (AvgIpc) is 2.50. The Morgan fingerprint density at radius 3 is 2.32 bits per heavy atom. The number of imide groups is 1. The number of benzene rings is 2. The Balaban J connectivity index is 1.85. The first-order valence-electron chi connectivity index (χ1n) is 6.64. The number of amides is 3. The predicted octanol–water partition coefficient (Wildman–Crippen LogP) is 4.28. The molecule has 3 amide bonds. The third-order valence-electron chi connectivity index (χ3n) is 2.76. The molecule has 6 heteroatoms. The quantitative estimate of drug-likeness (QED) is 0.780. The molecule has 2 N–H and O–H groups in total. The molecule has 0 spiro atoms. The minimum atomic E-state index is -0.528. The van der Waals surface area contributed by atoms with Gasteiger partial charge in [0.25, 0.3) is 0 Å². The van der Waals surface area contributed by atoms with E-state index in [-0.39, 0.29) is 11.2 Å². The molecule has 2 aromatic carbocycles. The Hall–Kier alpha value is -1.79. The van der Waals surface area contributed by atoms with E-state index in [9.17, 15) is 9.59 Å². The average molecular weight is 379 g/mol. The van der Waals surface area contributed by atoms with Crippen LogP contribution in [-0.4, -0.2) is 17.2 Å². The number of nitrogens with one attached hydrogen (secondary N) is 2. The summed E-state index contributed by atoms with van der Waals surface area (Å²) in [6.45, 7) is 1.76. The molecule has 1 atom stereocenters. The molecule has 0 aliphatic carbocycles. The molecule has 0 fully saturated rings. The van der Waals surface area contributed by atoms with Gasteiger partial charge < -0.3 is 5.32 Å². The summed E-state index contributed by atoms with van der Waals surface area (Å²) < 4.78 is 0.983. The van der Waals surface area contributed by atoms with Crippen LogP contribution in [0.2, 0.25) is 0 Å². The van der Waals surface area contributed by atoms with E-state index in [1.54, 1.807) is 19.1 Å². The van der Waals surface area contributed by atoms with Crippen LogP contribution in [0.4, 0.5) is 10.5 Å². The Morgan fingerprint density at radius 2 is 1.68 bits per heavy atom. The summed E-state index contributed by atoms with van der Waals surface area (Å²) in [4.78, 5) is 24.7. The van der Waals surface area contributed by atoms with E-state index >= 15 is 0 Å². The number of rotatable bonds is 4. The monoisotopic (exact) mass is 378 g/mol. The van der Waals surface area contributed by atoms with Crippen LogP contribution < -0.4 is 10.6 Å². The lowest BCUT2D eigenvalue weighted by Crippen LogP contribution is -2.38. The minimum Gasteiger partial charge on any atom is -0.308 e. The van der Waals surface area contributed by atoms with E-state index in [1.807, 2.05) is 42.5 Å². The molecule has 0 aliphatic heterocycles. The molecular formula is C16H15BrN2O2S. The maximum atomic E-state index is 12.0. The highest BCUT2D eigenvalue weighted by Gasteiger charge is 2.17. The molecule has 0 radical (unpaired) electrons. The Kier molecular flexibility index (Phi) is 6.03. The maximum absolute atomic E-state index is 12.0. The molecule has 0 unspecified atom stereocenters. The standard InChI is InChI=1S/C16H15BrN2O2S/c1-11(22-14-9-7-12(17)8-10-14)15(20)19-16(21)18-13-5-3-2-4-6-13/h2-11H,1H3,(H2,18,19,20,21)/t11-/m1/s1. The van der Waals surface area contributed by atoms with E-state index in [1.165, 1.54) is 11.8 Å². The molecule has 0 aliphatic rings. The lowest BCUT2D eigenvalue weighted by atomic mass is 10.3. The first-order valence-corrected chi connectivity index (χ1v) is 8.31. The first kappa shape index (κ1) is 16.6. The third-order valence-corrected chi connectivity index (χ3v) is 4.40. The number of anilines is 1. The summed E-state index contributed by atoms with van der Waals surface area (Å²) in [7, 11) is 0. The summed E-state index contributed by atoms with van der Waals surface area (Å²) in [5.41, 5.74) is 0.640. The summed E-state index contributed by atoms with van der Waals surface area (Å²) in [5.74, 6) is -0.332. The zero-order chi connectivity index (χ0) is 15.9. The van der Waals surface area contributed by atoms with Gasteiger partial charge in [0, 0.05) is 15.1 Å². The highest BCUT2D eigenvalue weighted by atomic mass is 79.9. The fraction of sp³-hybridized carbons (Fsp3) is 0.125. The van der Waals surface area contributed by atoms with Crippen LogP contribution in [0.25, 0.3) is 0 Å². The molecule has 0 saturated heterocycles. The highest BCUT2D eigenvalue weighted by Crippen LogP contribution is 2.24. The van der Waals surface area contributed by atoms with Crippen molar-refractivity contribution in [2.24, 2.45) is 0 Å². The van der Waals surface area contributed by atoms with Crippen molar-refractivity contribution in [1.29, 1.82) is 0 Å². The number of carbonyl (C=O) groups excluding carboxylic acids is 2. The van der Waals surface area contributed by atoms with Crippen molar-refractivity contribution in [3.63, 3.8) is 0 Å². The van der Waals surface area contributed by atoms with E-state index in [0.29, 0.717) is 5.69 Å². The third kappa shape index (κ3) is 5.20. The fourth-order valence-electron chi connectivity index (χ4n) is 1.67. The van der Waals surface area contributed by atoms with E-state index < -0.39 is 6.03 Å². The van der Waals surface area contributed by atoms with Crippen molar-refractivity contribution >= 4 is 45.3 Å². The maximum Gasteiger partial charge on any atom is 0.325 e. The van der Waals surface area contributed by atoms with Crippen LogP contribution in [0, 0.1) is 0 Å². The van der Waals surface area contributed by atoms with Gasteiger partial charge in [-0.3, -0.25) is 10.1 Å². The molecule has 2 rings (SSSR count).